The number of nitrogens with zero attached hydrogens (tertiary/aromatic N) is 2. The summed E-state index contributed by atoms with van der Waals surface area (Å²) in [6.07, 6.45) is 4.71. The van der Waals surface area contributed by atoms with Crippen LogP contribution in [-0.4, -0.2) is 15.9 Å². The fourth-order valence-corrected chi connectivity index (χ4v) is 3.35. The van der Waals surface area contributed by atoms with E-state index < -0.39 is 0 Å². The molecule has 0 aliphatic heterocycles. The number of rotatable bonds is 4. The Morgan fingerprint density at radius 1 is 1.37 bits per heavy atom. The van der Waals surface area contributed by atoms with Crippen molar-refractivity contribution in [3.05, 3.63) is 41.2 Å². The van der Waals surface area contributed by atoms with Gasteiger partial charge in [0.1, 0.15) is 0 Å². The van der Waals surface area contributed by atoms with Crippen molar-refractivity contribution in [2.75, 3.05) is 11.9 Å². The molecule has 1 aliphatic rings. The van der Waals surface area contributed by atoms with Crippen LogP contribution in [0.5, 0.6) is 0 Å². The number of aromatic nitrogens is 2. The lowest BCUT2D eigenvalue weighted by Crippen LogP contribution is -2.12. The maximum Gasteiger partial charge on any atom is 0.202 e. The monoisotopic (exact) mass is 273 g/mol. The molecule has 1 atom stereocenters. The highest BCUT2D eigenvalue weighted by molar-refractivity contribution is 7.09. The van der Waals surface area contributed by atoms with Crippen LogP contribution in [0.15, 0.2) is 24.3 Å². The van der Waals surface area contributed by atoms with Crippen molar-refractivity contribution in [1.29, 1.82) is 0 Å². The number of anilines is 1. The minimum atomic E-state index is 0.387. The number of aryl methyl sites for hydroxylation is 1. The molecule has 1 heterocycles. The van der Waals surface area contributed by atoms with Crippen LogP contribution in [0, 0.1) is 0 Å². The summed E-state index contributed by atoms with van der Waals surface area (Å²) < 4.78 is 4.56. The van der Waals surface area contributed by atoms with E-state index in [0.29, 0.717) is 5.92 Å². The number of hydrogen-bond donors (Lipinski definition) is 1. The van der Waals surface area contributed by atoms with Crippen LogP contribution in [0.3, 0.4) is 0 Å². The van der Waals surface area contributed by atoms with E-state index in [9.17, 15) is 0 Å². The summed E-state index contributed by atoms with van der Waals surface area (Å²) in [6, 6.07) is 8.73. The number of hydrogen-bond acceptors (Lipinski definition) is 4. The topological polar surface area (TPSA) is 37.8 Å². The van der Waals surface area contributed by atoms with Gasteiger partial charge in [-0.05, 0) is 36.8 Å². The third-order valence-corrected chi connectivity index (χ3v) is 4.34. The van der Waals surface area contributed by atoms with Crippen molar-refractivity contribution in [3.8, 4) is 0 Å². The van der Waals surface area contributed by atoms with Crippen molar-refractivity contribution in [2.24, 2.45) is 0 Å². The number of fused-ring (bicyclic) bond motifs is 1. The molecule has 0 saturated carbocycles. The highest BCUT2D eigenvalue weighted by Gasteiger charge is 2.24. The van der Waals surface area contributed by atoms with Gasteiger partial charge in [0, 0.05) is 24.0 Å². The zero-order chi connectivity index (χ0) is 13.1. The summed E-state index contributed by atoms with van der Waals surface area (Å²) in [5.41, 5.74) is 2.89. The smallest absolute Gasteiger partial charge is 0.202 e. The van der Waals surface area contributed by atoms with Crippen molar-refractivity contribution < 1.29 is 0 Å². The molecular weight excluding hydrogens is 254 g/mol. The molecular formula is C15H19N3S. The van der Waals surface area contributed by atoms with E-state index in [1.54, 1.807) is 0 Å². The molecule has 1 aromatic carbocycles. The minimum absolute atomic E-state index is 0.387. The molecule has 4 heteroatoms. The molecule has 0 spiro atoms. The average Bonchev–Trinajstić information content (AvgIpc) is 2.93. The van der Waals surface area contributed by atoms with Gasteiger partial charge in [0.2, 0.25) is 5.13 Å². The van der Waals surface area contributed by atoms with Crippen LogP contribution in [0.25, 0.3) is 0 Å². The van der Waals surface area contributed by atoms with Crippen LogP contribution in [0.2, 0.25) is 0 Å². The van der Waals surface area contributed by atoms with Crippen molar-refractivity contribution in [1.82, 2.24) is 9.36 Å². The number of nitrogens with one attached hydrogen (secondary N) is 1. The summed E-state index contributed by atoms with van der Waals surface area (Å²) in [4.78, 5) is 4.67. The number of benzene rings is 1. The summed E-state index contributed by atoms with van der Waals surface area (Å²) in [5.74, 6) is 1.38. The Hall–Kier alpha value is -1.42. The highest BCUT2D eigenvalue weighted by atomic mass is 32.1. The Kier molecular flexibility index (Phi) is 3.78. The lowest BCUT2D eigenvalue weighted by atomic mass is 9.82. The first kappa shape index (κ1) is 12.6. The lowest BCUT2D eigenvalue weighted by Gasteiger charge is -2.23. The third kappa shape index (κ3) is 2.63. The van der Waals surface area contributed by atoms with Gasteiger partial charge in [0.25, 0.3) is 0 Å². The first-order chi connectivity index (χ1) is 9.38. The lowest BCUT2D eigenvalue weighted by molar-refractivity contribution is 0.596. The second-order valence-electron chi connectivity index (χ2n) is 5.03. The molecule has 0 saturated heterocycles. The van der Waals surface area contributed by atoms with Crippen LogP contribution < -0.4 is 5.32 Å². The molecule has 100 valence electrons. The summed E-state index contributed by atoms with van der Waals surface area (Å²) >= 11 is 1.49. The van der Waals surface area contributed by atoms with E-state index in [4.69, 9.17) is 0 Å². The first-order valence-electron chi connectivity index (χ1n) is 7.03. The first-order valence-corrected chi connectivity index (χ1v) is 7.81. The predicted molar refractivity (Wildman–Crippen MR) is 79.9 cm³/mol. The van der Waals surface area contributed by atoms with Gasteiger partial charge >= 0.3 is 0 Å². The molecule has 1 aromatic heterocycles. The SMILES string of the molecule is CCCNc1nc(C2CCCc3ccccc32)ns1. The van der Waals surface area contributed by atoms with Crippen LogP contribution in [0.4, 0.5) is 5.13 Å². The van der Waals surface area contributed by atoms with E-state index in [2.05, 4.69) is 45.9 Å². The standard InChI is InChI=1S/C15H19N3S/c1-2-10-16-15-17-14(18-19-15)13-9-5-7-11-6-3-4-8-12(11)13/h3-4,6,8,13H,2,5,7,9-10H2,1H3,(H,16,17,18). The molecule has 0 radical (unpaired) electrons. The zero-order valence-corrected chi connectivity index (χ0v) is 12.0. The van der Waals surface area contributed by atoms with E-state index in [-0.39, 0.29) is 0 Å². The van der Waals surface area contributed by atoms with Crippen molar-refractivity contribution in [2.45, 2.75) is 38.5 Å². The molecule has 19 heavy (non-hydrogen) atoms. The van der Waals surface area contributed by atoms with Crippen LogP contribution in [0.1, 0.15) is 49.1 Å². The fourth-order valence-electron chi connectivity index (χ4n) is 2.70. The maximum absolute atomic E-state index is 4.67. The molecule has 1 unspecified atom stereocenters. The molecule has 0 bridgehead atoms. The Labute approximate surface area is 118 Å². The van der Waals surface area contributed by atoms with Gasteiger partial charge in [-0.3, -0.25) is 0 Å². The van der Waals surface area contributed by atoms with Crippen LogP contribution in [-0.2, 0) is 6.42 Å². The van der Waals surface area contributed by atoms with Gasteiger partial charge in [0.05, 0.1) is 0 Å². The molecule has 3 nitrogen and oxygen atoms in total. The Morgan fingerprint density at radius 2 is 2.26 bits per heavy atom. The Bertz CT molecular complexity index is 550. The second kappa shape index (κ2) is 5.70. The van der Waals surface area contributed by atoms with Crippen LogP contribution >= 0.6 is 11.5 Å². The van der Waals surface area contributed by atoms with Gasteiger partial charge in [-0.2, -0.15) is 4.37 Å². The molecule has 2 aromatic rings. The normalized spacial score (nSPS) is 18.1. The van der Waals surface area contributed by atoms with Gasteiger partial charge in [-0.1, -0.05) is 31.2 Å². The van der Waals surface area contributed by atoms with Gasteiger partial charge in [0.15, 0.2) is 5.82 Å². The fraction of sp³-hybridized carbons (Fsp3) is 0.467. The third-order valence-electron chi connectivity index (χ3n) is 3.65. The second-order valence-corrected chi connectivity index (χ2v) is 5.78. The van der Waals surface area contributed by atoms with Crippen molar-refractivity contribution in [3.63, 3.8) is 0 Å². The largest absolute Gasteiger partial charge is 0.360 e. The van der Waals surface area contributed by atoms with Gasteiger partial charge in [-0.25, -0.2) is 4.98 Å². The summed E-state index contributed by atoms with van der Waals surface area (Å²) in [5, 5.41) is 4.28. The minimum Gasteiger partial charge on any atom is -0.360 e. The van der Waals surface area contributed by atoms with E-state index >= 15 is 0 Å². The maximum atomic E-state index is 4.67. The molecule has 0 fully saturated rings. The quantitative estimate of drug-likeness (QED) is 0.920. The van der Waals surface area contributed by atoms with Gasteiger partial charge < -0.3 is 5.32 Å². The Morgan fingerprint density at radius 3 is 3.16 bits per heavy atom. The summed E-state index contributed by atoms with van der Waals surface area (Å²) in [6.45, 7) is 3.13. The molecule has 0 amide bonds. The van der Waals surface area contributed by atoms with Crippen molar-refractivity contribution >= 4 is 16.7 Å². The molecule has 1 aliphatic carbocycles. The zero-order valence-electron chi connectivity index (χ0n) is 11.2. The molecule has 3 rings (SSSR count). The van der Waals surface area contributed by atoms with E-state index in [1.807, 2.05) is 0 Å². The molecule has 1 N–H and O–H groups in total. The van der Waals surface area contributed by atoms with E-state index in [0.717, 1.165) is 23.9 Å². The summed E-state index contributed by atoms with van der Waals surface area (Å²) in [7, 11) is 0. The van der Waals surface area contributed by atoms with Gasteiger partial charge in [-0.15, -0.1) is 0 Å². The highest BCUT2D eigenvalue weighted by Crippen LogP contribution is 2.36. The van der Waals surface area contributed by atoms with E-state index in [1.165, 1.54) is 41.9 Å². The Balaban J connectivity index is 1.85. The predicted octanol–water partition coefficient (Wildman–Crippen LogP) is 3.83. The average molecular weight is 273 g/mol.